The number of benzene rings is 1. The summed E-state index contributed by atoms with van der Waals surface area (Å²) in [5.74, 6) is -0.0833. The molecule has 2 N–H and O–H groups in total. The molecule has 1 aromatic carbocycles. The van der Waals surface area contributed by atoms with Crippen LogP contribution >= 0.6 is 0 Å². The lowest BCUT2D eigenvalue weighted by molar-refractivity contribution is 0.0843. The Bertz CT molecular complexity index is 932. The molecule has 0 aliphatic rings. The molecule has 2 aromatic heterocycles. The van der Waals surface area contributed by atoms with Crippen molar-refractivity contribution in [2.24, 2.45) is 0 Å². The largest absolute Gasteiger partial charge is 0.304 e. The van der Waals surface area contributed by atoms with Crippen molar-refractivity contribution in [3.8, 4) is 5.69 Å². The third-order valence-corrected chi connectivity index (χ3v) is 3.76. The predicted molar refractivity (Wildman–Crippen MR) is 92.2 cm³/mol. The van der Waals surface area contributed by atoms with Gasteiger partial charge in [-0.15, -0.1) is 0 Å². The number of carbonyl (C=O) groups is 2. The van der Waals surface area contributed by atoms with Crippen molar-refractivity contribution in [3.63, 3.8) is 0 Å². The quantitative estimate of drug-likeness (QED) is 0.716. The standard InChI is InChI=1S/C18H17N5O2/c1-12-5-3-4-6-15(12)17(24)21-22-18(25)16-11-14(7-8-20-16)23-10-9-19-13(23)2/h3-11H,1-2H3,(H,21,24)(H,22,25). The lowest BCUT2D eigenvalue weighted by Gasteiger charge is -2.10. The predicted octanol–water partition coefficient (Wildman–Crippen LogP) is 1.96. The first kappa shape index (κ1) is 16.4. The molecule has 0 bridgehead atoms. The van der Waals surface area contributed by atoms with Crippen molar-refractivity contribution in [1.29, 1.82) is 0 Å². The van der Waals surface area contributed by atoms with E-state index in [0.717, 1.165) is 17.1 Å². The molecule has 3 rings (SSSR count). The Morgan fingerprint density at radius 3 is 2.44 bits per heavy atom. The van der Waals surface area contributed by atoms with E-state index < -0.39 is 5.91 Å². The molecule has 0 atom stereocenters. The van der Waals surface area contributed by atoms with Gasteiger partial charge in [0.1, 0.15) is 11.5 Å². The molecule has 0 spiro atoms. The fraction of sp³-hybridized carbons (Fsp3) is 0.111. The topological polar surface area (TPSA) is 88.9 Å². The van der Waals surface area contributed by atoms with Gasteiger partial charge in [0.05, 0.1) is 5.69 Å². The molecule has 2 heterocycles. The summed E-state index contributed by atoms with van der Waals surface area (Å²) in [4.78, 5) is 32.6. The van der Waals surface area contributed by atoms with Crippen LogP contribution in [0, 0.1) is 13.8 Å². The second kappa shape index (κ2) is 6.96. The summed E-state index contributed by atoms with van der Waals surface area (Å²) in [7, 11) is 0. The summed E-state index contributed by atoms with van der Waals surface area (Å²) in [6.07, 6.45) is 5.01. The minimum atomic E-state index is -0.499. The number of aryl methyl sites for hydroxylation is 2. The van der Waals surface area contributed by atoms with Crippen molar-refractivity contribution >= 4 is 11.8 Å². The van der Waals surface area contributed by atoms with Crippen molar-refractivity contribution in [3.05, 3.63) is 77.6 Å². The van der Waals surface area contributed by atoms with Gasteiger partial charge in [-0.3, -0.25) is 25.4 Å². The maximum atomic E-state index is 12.3. The highest BCUT2D eigenvalue weighted by molar-refractivity contribution is 5.99. The second-order valence-corrected chi connectivity index (χ2v) is 5.47. The van der Waals surface area contributed by atoms with Crippen LogP contribution in [0.5, 0.6) is 0 Å². The molecule has 0 fully saturated rings. The van der Waals surface area contributed by atoms with Crippen molar-refractivity contribution in [2.45, 2.75) is 13.8 Å². The van der Waals surface area contributed by atoms with Crippen LogP contribution in [0.3, 0.4) is 0 Å². The van der Waals surface area contributed by atoms with Gasteiger partial charge in [-0.2, -0.15) is 0 Å². The van der Waals surface area contributed by atoms with Gasteiger partial charge in [-0.05, 0) is 37.6 Å². The smallest absolute Gasteiger partial charge is 0.288 e. The maximum absolute atomic E-state index is 12.3. The molecule has 7 heteroatoms. The van der Waals surface area contributed by atoms with Crippen LogP contribution in [0.4, 0.5) is 0 Å². The number of hydrogen-bond acceptors (Lipinski definition) is 4. The van der Waals surface area contributed by atoms with E-state index in [1.165, 1.54) is 6.20 Å². The number of hydrazine groups is 1. The molecular formula is C18H17N5O2. The normalized spacial score (nSPS) is 10.3. The molecule has 3 aromatic rings. The maximum Gasteiger partial charge on any atom is 0.288 e. The Morgan fingerprint density at radius 2 is 1.72 bits per heavy atom. The summed E-state index contributed by atoms with van der Waals surface area (Å²) in [5.41, 5.74) is 7.07. The number of hydrogen-bond donors (Lipinski definition) is 2. The van der Waals surface area contributed by atoms with Crippen molar-refractivity contribution in [2.75, 3.05) is 0 Å². The highest BCUT2D eigenvalue weighted by Gasteiger charge is 2.12. The average Bonchev–Trinajstić information content (AvgIpc) is 3.06. The van der Waals surface area contributed by atoms with Crippen LogP contribution in [0.25, 0.3) is 5.69 Å². The van der Waals surface area contributed by atoms with E-state index in [-0.39, 0.29) is 11.6 Å². The van der Waals surface area contributed by atoms with Gasteiger partial charge in [0.2, 0.25) is 0 Å². The monoisotopic (exact) mass is 335 g/mol. The van der Waals surface area contributed by atoms with E-state index in [9.17, 15) is 9.59 Å². The average molecular weight is 335 g/mol. The molecule has 25 heavy (non-hydrogen) atoms. The molecule has 0 radical (unpaired) electrons. The Balaban J connectivity index is 1.71. The second-order valence-electron chi connectivity index (χ2n) is 5.47. The molecule has 0 aliphatic heterocycles. The van der Waals surface area contributed by atoms with Crippen LogP contribution in [-0.2, 0) is 0 Å². The van der Waals surface area contributed by atoms with E-state index in [0.29, 0.717) is 5.56 Å². The van der Waals surface area contributed by atoms with E-state index in [1.54, 1.807) is 36.7 Å². The molecule has 7 nitrogen and oxygen atoms in total. The van der Waals surface area contributed by atoms with Gasteiger partial charge in [0.25, 0.3) is 11.8 Å². The number of imidazole rings is 1. The fourth-order valence-electron chi connectivity index (χ4n) is 2.42. The van der Waals surface area contributed by atoms with E-state index in [4.69, 9.17) is 0 Å². The first-order chi connectivity index (χ1) is 12.1. The number of nitrogens with one attached hydrogen (secondary N) is 2. The molecule has 126 valence electrons. The minimum absolute atomic E-state index is 0.190. The Kier molecular flexibility index (Phi) is 4.56. The zero-order chi connectivity index (χ0) is 17.8. The number of aromatic nitrogens is 3. The Morgan fingerprint density at radius 1 is 0.960 bits per heavy atom. The molecule has 0 saturated carbocycles. The van der Waals surface area contributed by atoms with Gasteiger partial charge in [0, 0.05) is 24.2 Å². The van der Waals surface area contributed by atoms with Crippen molar-refractivity contribution in [1.82, 2.24) is 25.4 Å². The highest BCUT2D eigenvalue weighted by atomic mass is 16.2. The van der Waals surface area contributed by atoms with Crippen LogP contribution < -0.4 is 10.9 Å². The van der Waals surface area contributed by atoms with E-state index >= 15 is 0 Å². The molecule has 2 amide bonds. The zero-order valence-electron chi connectivity index (χ0n) is 13.9. The molecule has 0 aliphatic carbocycles. The van der Waals surface area contributed by atoms with Gasteiger partial charge in [-0.1, -0.05) is 18.2 Å². The van der Waals surface area contributed by atoms with E-state index in [1.807, 2.05) is 30.5 Å². The summed E-state index contributed by atoms with van der Waals surface area (Å²) in [5, 5.41) is 0. The van der Waals surface area contributed by atoms with Gasteiger partial charge in [-0.25, -0.2) is 4.98 Å². The highest BCUT2D eigenvalue weighted by Crippen LogP contribution is 2.11. The SMILES string of the molecule is Cc1ccccc1C(=O)NNC(=O)c1cc(-n2ccnc2C)ccn1. The van der Waals surface area contributed by atoms with Crippen LogP contribution in [0.2, 0.25) is 0 Å². The first-order valence-corrected chi connectivity index (χ1v) is 7.69. The number of rotatable bonds is 3. The number of nitrogens with zero attached hydrogens (tertiary/aromatic N) is 3. The lowest BCUT2D eigenvalue weighted by Crippen LogP contribution is -2.42. The number of pyridine rings is 1. The van der Waals surface area contributed by atoms with Crippen LogP contribution in [0.1, 0.15) is 32.2 Å². The van der Waals surface area contributed by atoms with Gasteiger partial charge in [0.15, 0.2) is 0 Å². The third kappa shape index (κ3) is 3.55. The minimum Gasteiger partial charge on any atom is -0.304 e. The lowest BCUT2D eigenvalue weighted by atomic mass is 10.1. The third-order valence-electron chi connectivity index (χ3n) is 3.76. The summed E-state index contributed by atoms with van der Waals surface area (Å²) in [6, 6.07) is 10.5. The first-order valence-electron chi connectivity index (χ1n) is 7.69. The fourth-order valence-corrected chi connectivity index (χ4v) is 2.42. The molecular weight excluding hydrogens is 318 g/mol. The summed E-state index contributed by atoms with van der Waals surface area (Å²) >= 11 is 0. The summed E-state index contributed by atoms with van der Waals surface area (Å²) < 4.78 is 1.84. The summed E-state index contributed by atoms with van der Waals surface area (Å²) in [6.45, 7) is 3.69. The Hall–Kier alpha value is -3.48. The van der Waals surface area contributed by atoms with Gasteiger partial charge >= 0.3 is 0 Å². The van der Waals surface area contributed by atoms with Crippen LogP contribution in [0.15, 0.2) is 55.0 Å². The number of amides is 2. The van der Waals surface area contributed by atoms with E-state index in [2.05, 4.69) is 20.8 Å². The Labute approximate surface area is 144 Å². The van der Waals surface area contributed by atoms with Crippen LogP contribution in [-0.4, -0.2) is 26.3 Å². The van der Waals surface area contributed by atoms with Gasteiger partial charge < -0.3 is 4.57 Å². The molecule has 0 unspecified atom stereocenters. The molecule has 0 saturated heterocycles. The zero-order valence-corrected chi connectivity index (χ0v) is 13.9. The number of carbonyl (C=O) groups excluding carboxylic acids is 2. The van der Waals surface area contributed by atoms with Crippen molar-refractivity contribution < 1.29 is 9.59 Å².